The lowest BCUT2D eigenvalue weighted by molar-refractivity contribution is 0.416. The van der Waals surface area contributed by atoms with E-state index in [1.807, 2.05) is 0 Å². The minimum Gasteiger partial charge on any atom is -0.352 e. The summed E-state index contributed by atoms with van der Waals surface area (Å²) in [5, 5.41) is 7.47. The summed E-state index contributed by atoms with van der Waals surface area (Å²) in [6, 6.07) is 2.23. The molecule has 2 aromatic heterocycles. The topological polar surface area (TPSA) is 63.8 Å². The quantitative estimate of drug-likeness (QED) is 0.775. The van der Waals surface area contributed by atoms with E-state index in [1.54, 1.807) is 18.5 Å². The van der Waals surface area contributed by atoms with Gasteiger partial charge >= 0.3 is 0 Å². The Balaban J connectivity index is 2.04. The zero-order valence-corrected chi connectivity index (χ0v) is 8.97. The van der Waals surface area contributed by atoms with E-state index in [-0.39, 0.29) is 0 Å². The molecule has 1 aliphatic rings. The van der Waals surface area contributed by atoms with Crippen LogP contribution in [-0.2, 0) is 13.0 Å². The summed E-state index contributed by atoms with van der Waals surface area (Å²) in [7, 11) is 0. The van der Waals surface area contributed by atoms with Gasteiger partial charge in [-0.3, -0.25) is 0 Å². The van der Waals surface area contributed by atoms with Crippen molar-refractivity contribution in [3.63, 3.8) is 0 Å². The fourth-order valence-electron chi connectivity index (χ4n) is 1.92. The number of rotatable bonds is 1. The molecular formula is C11H12N4O. The molecular weight excluding hydrogens is 204 g/mol. The molecule has 5 nitrogen and oxygen atoms in total. The van der Waals surface area contributed by atoms with Gasteiger partial charge in [-0.1, -0.05) is 5.16 Å². The third-order valence-electron chi connectivity index (χ3n) is 2.77. The Kier molecular flexibility index (Phi) is 2.18. The Morgan fingerprint density at radius 1 is 1.38 bits per heavy atom. The van der Waals surface area contributed by atoms with E-state index in [0.29, 0.717) is 17.6 Å². The molecule has 0 amide bonds. The van der Waals surface area contributed by atoms with Crippen LogP contribution < -0.4 is 5.32 Å². The van der Waals surface area contributed by atoms with Gasteiger partial charge < -0.3 is 9.84 Å². The monoisotopic (exact) mass is 216 g/mol. The first-order chi connectivity index (χ1) is 7.84. The highest BCUT2D eigenvalue weighted by Crippen LogP contribution is 2.26. The van der Waals surface area contributed by atoms with Crippen molar-refractivity contribution in [2.45, 2.75) is 25.9 Å². The number of aromatic nitrogens is 3. The van der Waals surface area contributed by atoms with Crippen LogP contribution >= 0.6 is 0 Å². The van der Waals surface area contributed by atoms with Crippen molar-refractivity contribution in [3.8, 4) is 11.6 Å². The molecule has 3 heterocycles. The predicted octanol–water partition coefficient (Wildman–Crippen LogP) is 1.17. The van der Waals surface area contributed by atoms with E-state index >= 15 is 0 Å². The maximum absolute atomic E-state index is 5.34. The molecule has 0 aliphatic carbocycles. The van der Waals surface area contributed by atoms with Crippen LogP contribution in [0, 0.1) is 0 Å². The average Bonchev–Trinajstić information content (AvgIpc) is 2.73. The van der Waals surface area contributed by atoms with Gasteiger partial charge in [0, 0.05) is 37.0 Å². The van der Waals surface area contributed by atoms with Crippen LogP contribution in [0.25, 0.3) is 11.6 Å². The minimum atomic E-state index is 0.446. The molecule has 82 valence electrons. The summed E-state index contributed by atoms with van der Waals surface area (Å²) in [5.74, 6) is 1.29. The molecule has 1 aliphatic heterocycles. The van der Waals surface area contributed by atoms with E-state index < -0.39 is 0 Å². The standard InChI is InChI=1S/C11H12N4O/c1-7-5-9-8(6-14-7)10(16-15-9)11-12-3-2-4-13-11/h2-4,7,14H,5-6H2,1H3/t7-/m0/s1. The molecule has 16 heavy (non-hydrogen) atoms. The van der Waals surface area contributed by atoms with Crippen LogP contribution in [0.15, 0.2) is 23.0 Å². The lowest BCUT2D eigenvalue weighted by atomic mass is 10.0. The molecule has 0 spiro atoms. The van der Waals surface area contributed by atoms with Gasteiger partial charge in [0.15, 0.2) is 5.82 Å². The van der Waals surface area contributed by atoms with E-state index in [2.05, 4.69) is 27.4 Å². The van der Waals surface area contributed by atoms with Gasteiger partial charge in [-0.2, -0.15) is 0 Å². The normalized spacial score (nSPS) is 19.4. The van der Waals surface area contributed by atoms with Crippen LogP contribution in [0.1, 0.15) is 18.2 Å². The molecule has 0 radical (unpaired) electrons. The van der Waals surface area contributed by atoms with Crippen LogP contribution in [0.4, 0.5) is 0 Å². The van der Waals surface area contributed by atoms with Crippen LogP contribution in [-0.4, -0.2) is 21.2 Å². The molecule has 3 rings (SSSR count). The molecule has 0 saturated heterocycles. The fourth-order valence-corrected chi connectivity index (χ4v) is 1.92. The van der Waals surface area contributed by atoms with Crippen LogP contribution in [0.2, 0.25) is 0 Å². The van der Waals surface area contributed by atoms with E-state index in [4.69, 9.17) is 4.52 Å². The Hall–Kier alpha value is -1.75. The van der Waals surface area contributed by atoms with Gasteiger partial charge in [-0.15, -0.1) is 0 Å². The lowest BCUT2D eigenvalue weighted by Gasteiger charge is -2.18. The molecule has 0 saturated carbocycles. The molecule has 1 atom stereocenters. The highest BCUT2D eigenvalue weighted by Gasteiger charge is 2.24. The zero-order valence-electron chi connectivity index (χ0n) is 8.97. The highest BCUT2D eigenvalue weighted by molar-refractivity contribution is 5.53. The molecule has 1 N–H and O–H groups in total. The molecule has 0 bridgehead atoms. The summed E-state index contributed by atoms with van der Waals surface area (Å²) in [5.41, 5.74) is 2.11. The SMILES string of the molecule is C[C@H]1Cc2noc(-c3ncccn3)c2CN1. The first kappa shape index (κ1) is 9.47. The Morgan fingerprint density at radius 3 is 3.00 bits per heavy atom. The van der Waals surface area contributed by atoms with Crippen LogP contribution in [0.3, 0.4) is 0 Å². The second-order valence-electron chi connectivity index (χ2n) is 4.00. The van der Waals surface area contributed by atoms with E-state index in [0.717, 1.165) is 24.2 Å². The molecule has 2 aromatic rings. The van der Waals surface area contributed by atoms with Gasteiger partial charge in [0.25, 0.3) is 0 Å². The summed E-state index contributed by atoms with van der Waals surface area (Å²) in [4.78, 5) is 8.35. The van der Waals surface area contributed by atoms with Gasteiger partial charge in [-0.25, -0.2) is 9.97 Å². The Bertz CT molecular complexity index is 494. The van der Waals surface area contributed by atoms with Crippen molar-refractivity contribution < 1.29 is 4.52 Å². The lowest BCUT2D eigenvalue weighted by Crippen LogP contribution is -2.32. The Morgan fingerprint density at radius 2 is 2.19 bits per heavy atom. The van der Waals surface area contributed by atoms with Gasteiger partial charge in [0.2, 0.25) is 5.76 Å². The largest absolute Gasteiger partial charge is 0.352 e. The minimum absolute atomic E-state index is 0.446. The maximum atomic E-state index is 5.34. The Labute approximate surface area is 92.9 Å². The third-order valence-corrected chi connectivity index (χ3v) is 2.77. The average molecular weight is 216 g/mol. The molecule has 0 fully saturated rings. The summed E-state index contributed by atoms with van der Waals surface area (Å²) >= 11 is 0. The number of fused-ring (bicyclic) bond motifs is 1. The smallest absolute Gasteiger partial charge is 0.208 e. The summed E-state index contributed by atoms with van der Waals surface area (Å²) in [6.07, 6.45) is 4.30. The van der Waals surface area contributed by atoms with Crippen molar-refractivity contribution in [1.29, 1.82) is 0 Å². The van der Waals surface area contributed by atoms with Crippen LogP contribution in [0.5, 0.6) is 0 Å². The highest BCUT2D eigenvalue weighted by atomic mass is 16.5. The van der Waals surface area contributed by atoms with Crippen molar-refractivity contribution in [2.75, 3.05) is 0 Å². The molecule has 5 heteroatoms. The number of nitrogens with zero attached hydrogens (tertiary/aromatic N) is 3. The van der Waals surface area contributed by atoms with Crippen molar-refractivity contribution in [2.24, 2.45) is 0 Å². The summed E-state index contributed by atoms with van der Waals surface area (Å²) < 4.78 is 5.34. The van der Waals surface area contributed by atoms with Gasteiger partial charge in [-0.05, 0) is 13.0 Å². The number of hydrogen-bond acceptors (Lipinski definition) is 5. The zero-order chi connectivity index (χ0) is 11.0. The molecule has 0 unspecified atom stereocenters. The third kappa shape index (κ3) is 1.49. The first-order valence-electron chi connectivity index (χ1n) is 5.33. The second-order valence-corrected chi connectivity index (χ2v) is 4.00. The number of hydrogen-bond donors (Lipinski definition) is 1. The van der Waals surface area contributed by atoms with E-state index in [1.165, 1.54) is 0 Å². The van der Waals surface area contributed by atoms with Crippen molar-refractivity contribution in [1.82, 2.24) is 20.4 Å². The van der Waals surface area contributed by atoms with E-state index in [9.17, 15) is 0 Å². The first-order valence-corrected chi connectivity index (χ1v) is 5.33. The number of nitrogens with one attached hydrogen (secondary N) is 1. The van der Waals surface area contributed by atoms with Gasteiger partial charge in [0.1, 0.15) is 0 Å². The summed E-state index contributed by atoms with van der Waals surface area (Å²) in [6.45, 7) is 2.91. The molecule has 0 aromatic carbocycles. The van der Waals surface area contributed by atoms with Gasteiger partial charge in [0.05, 0.1) is 5.69 Å². The fraction of sp³-hybridized carbons (Fsp3) is 0.364. The second kappa shape index (κ2) is 3.68. The van der Waals surface area contributed by atoms with Crippen molar-refractivity contribution in [3.05, 3.63) is 29.7 Å². The predicted molar refractivity (Wildman–Crippen MR) is 57.5 cm³/mol. The van der Waals surface area contributed by atoms with Crippen molar-refractivity contribution >= 4 is 0 Å². The maximum Gasteiger partial charge on any atom is 0.208 e.